The van der Waals surface area contributed by atoms with Gasteiger partial charge in [-0.3, -0.25) is 4.79 Å². The van der Waals surface area contributed by atoms with Crippen LogP contribution in [-0.4, -0.2) is 53.5 Å². The van der Waals surface area contributed by atoms with Crippen molar-refractivity contribution in [2.24, 2.45) is 0 Å². The minimum Gasteiger partial charge on any atom is -0.339 e. The highest BCUT2D eigenvalue weighted by atomic mass is 32.2. The van der Waals surface area contributed by atoms with Crippen molar-refractivity contribution in [1.29, 1.82) is 0 Å². The zero-order valence-electron chi connectivity index (χ0n) is 15.8. The molecule has 2 aromatic rings. The van der Waals surface area contributed by atoms with Gasteiger partial charge in [-0.05, 0) is 62.6 Å². The molecular formula is C19H24N4O3S. The summed E-state index contributed by atoms with van der Waals surface area (Å²) in [5.74, 6) is 0.407. The summed E-state index contributed by atoms with van der Waals surface area (Å²) in [6.45, 7) is 6.36. The van der Waals surface area contributed by atoms with E-state index in [4.69, 9.17) is 0 Å². The number of nitrogens with one attached hydrogen (secondary N) is 1. The molecule has 1 N–H and O–H groups in total. The largest absolute Gasteiger partial charge is 0.339 e. The lowest BCUT2D eigenvalue weighted by Crippen LogP contribution is -2.41. The van der Waals surface area contributed by atoms with E-state index in [9.17, 15) is 13.2 Å². The van der Waals surface area contributed by atoms with Crippen LogP contribution >= 0.6 is 0 Å². The van der Waals surface area contributed by atoms with E-state index in [1.165, 1.54) is 11.1 Å². The second-order valence-electron chi connectivity index (χ2n) is 6.88. The molecular weight excluding hydrogens is 364 g/mol. The first-order chi connectivity index (χ1) is 12.8. The van der Waals surface area contributed by atoms with Gasteiger partial charge in [0.25, 0.3) is 5.91 Å². The van der Waals surface area contributed by atoms with Crippen molar-refractivity contribution in [1.82, 2.24) is 15.1 Å². The number of anilines is 2. The van der Waals surface area contributed by atoms with Gasteiger partial charge in [-0.1, -0.05) is 6.07 Å². The van der Waals surface area contributed by atoms with Crippen molar-refractivity contribution in [2.75, 3.05) is 23.4 Å². The quantitative estimate of drug-likeness (QED) is 0.846. The number of hydrogen-bond donors (Lipinski definition) is 1. The molecule has 1 fully saturated rings. The monoisotopic (exact) mass is 388 g/mol. The number of hydrogen-bond acceptors (Lipinski definition) is 6. The fourth-order valence-electron chi connectivity index (χ4n) is 3.22. The van der Waals surface area contributed by atoms with E-state index in [-0.39, 0.29) is 29.1 Å². The number of nitrogens with zero attached hydrogens (tertiary/aromatic N) is 3. The summed E-state index contributed by atoms with van der Waals surface area (Å²) in [6, 6.07) is 9.04. The zero-order valence-corrected chi connectivity index (χ0v) is 16.6. The van der Waals surface area contributed by atoms with Crippen LogP contribution in [0, 0.1) is 13.8 Å². The van der Waals surface area contributed by atoms with E-state index in [1.54, 1.807) is 17.0 Å². The molecule has 1 unspecified atom stereocenters. The molecule has 1 aliphatic heterocycles. The Morgan fingerprint density at radius 3 is 2.52 bits per heavy atom. The van der Waals surface area contributed by atoms with Gasteiger partial charge in [-0.15, -0.1) is 10.2 Å². The van der Waals surface area contributed by atoms with Gasteiger partial charge in [0.2, 0.25) is 0 Å². The Morgan fingerprint density at radius 2 is 1.96 bits per heavy atom. The molecule has 0 radical (unpaired) electrons. The first-order valence-electron chi connectivity index (χ1n) is 8.98. The first kappa shape index (κ1) is 19.3. The Bertz CT molecular complexity index is 942. The summed E-state index contributed by atoms with van der Waals surface area (Å²) < 4.78 is 23.4. The third kappa shape index (κ3) is 4.44. The van der Waals surface area contributed by atoms with Crippen molar-refractivity contribution in [3.05, 3.63) is 47.2 Å². The van der Waals surface area contributed by atoms with E-state index in [2.05, 4.69) is 15.5 Å². The minimum atomic E-state index is -3.05. The Morgan fingerprint density at radius 1 is 1.19 bits per heavy atom. The third-order valence-corrected chi connectivity index (χ3v) is 6.66. The molecule has 1 amide bonds. The molecule has 1 aliphatic rings. The molecule has 1 aromatic carbocycles. The van der Waals surface area contributed by atoms with Crippen molar-refractivity contribution >= 4 is 27.2 Å². The van der Waals surface area contributed by atoms with Gasteiger partial charge in [0, 0.05) is 18.3 Å². The summed E-state index contributed by atoms with van der Waals surface area (Å²) in [5.41, 5.74) is 3.50. The molecule has 0 saturated carbocycles. The van der Waals surface area contributed by atoms with E-state index in [1.807, 2.05) is 39.0 Å². The normalized spacial score (nSPS) is 18.3. The number of carbonyl (C=O) groups excluding carboxylic acids is 1. The molecule has 2 heterocycles. The Kier molecular flexibility index (Phi) is 5.46. The topological polar surface area (TPSA) is 92.3 Å². The fraction of sp³-hybridized carbons (Fsp3) is 0.421. The van der Waals surface area contributed by atoms with Gasteiger partial charge in [0.15, 0.2) is 21.3 Å². The standard InChI is InChI=1S/C19H24N4O3S/c1-4-23(16-9-10-27(25,26)12-16)19(24)17-7-8-18(22-21-17)20-15-6-5-13(2)14(3)11-15/h5-8,11,16H,4,9-10,12H2,1-3H3,(H,20,22). The smallest absolute Gasteiger partial charge is 0.274 e. The van der Waals surface area contributed by atoms with Crippen LogP contribution < -0.4 is 5.32 Å². The van der Waals surface area contributed by atoms with Crippen LogP contribution in [0.25, 0.3) is 0 Å². The van der Waals surface area contributed by atoms with Gasteiger partial charge in [0.1, 0.15) is 0 Å². The predicted molar refractivity (Wildman–Crippen MR) is 105 cm³/mol. The molecule has 0 spiro atoms. The highest BCUT2D eigenvalue weighted by Crippen LogP contribution is 2.21. The van der Waals surface area contributed by atoms with Crippen molar-refractivity contribution in [3.63, 3.8) is 0 Å². The summed E-state index contributed by atoms with van der Waals surface area (Å²) >= 11 is 0. The number of amides is 1. The second-order valence-corrected chi connectivity index (χ2v) is 9.10. The van der Waals surface area contributed by atoms with Gasteiger partial charge in [0.05, 0.1) is 11.5 Å². The molecule has 1 atom stereocenters. The first-order valence-corrected chi connectivity index (χ1v) is 10.8. The average Bonchev–Trinajstić information content (AvgIpc) is 2.99. The van der Waals surface area contributed by atoms with Gasteiger partial charge >= 0.3 is 0 Å². The van der Waals surface area contributed by atoms with Crippen molar-refractivity contribution in [2.45, 2.75) is 33.2 Å². The molecule has 1 aromatic heterocycles. The molecule has 7 nitrogen and oxygen atoms in total. The number of aromatic nitrogens is 2. The molecule has 27 heavy (non-hydrogen) atoms. The molecule has 0 aliphatic carbocycles. The van der Waals surface area contributed by atoms with E-state index in [0.29, 0.717) is 18.8 Å². The zero-order chi connectivity index (χ0) is 19.6. The maximum absolute atomic E-state index is 12.7. The van der Waals surface area contributed by atoms with Crippen molar-refractivity contribution < 1.29 is 13.2 Å². The number of sulfone groups is 1. The molecule has 3 rings (SSSR count). The van der Waals surface area contributed by atoms with E-state index >= 15 is 0 Å². The van der Waals surface area contributed by atoms with Crippen LogP contribution in [0.3, 0.4) is 0 Å². The maximum Gasteiger partial charge on any atom is 0.274 e. The summed E-state index contributed by atoms with van der Waals surface area (Å²) in [5, 5.41) is 11.3. The highest BCUT2D eigenvalue weighted by molar-refractivity contribution is 7.91. The van der Waals surface area contributed by atoms with Crippen LogP contribution in [0.5, 0.6) is 0 Å². The van der Waals surface area contributed by atoms with Crippen molar-refractivity contribution in [3.8, 4) is 0 Å². The predicted octanol–water partition coefficient (Wildman–Crippen LogP) is 2.49. The van der Waals surface area contributed by atoms with Gasteiger partial charge in [-0.2, -0.15) is 0 Å². The fourth-order valence-corrected chi connectivity index (χ4v) is 4.95. The van der Waals surface area contributed by atoms with E-state index < -0.39 is 9.84 Å². The maximum atomic E-state index is 12.7. The van der Waals surface area contributed by atoms with Crippen LogP contribution in [0.1, 0.15) is 35.0 Å². The minimum absolute atomic E-state index is 0.0203. The highest BCUT2D eigenvalue weighted by Gasteiger charge is 2.34. The molecule has 144 valence electrons. The van der Waals surface area contributed by atoms with Gasteiger partial charge < -0.3 is 10.2 Å². The Balaban J connectivity index is 1.72. The van der Waals surface area contributed by atoms with Gasteiger partial charge in [-0.25, -0.2) is 8.42 Å². The average molecular weight is 388 g/mol. The molecule has 1 saturated heterocycles. The lowest BCUT2D eigenvalue weighted by Gasteiger charge is -2.26. The number of aryl methyl sites for hydroxylation is 2. The Labute approximate surface area is 159 Å². The lowest BCUT2D eigenvalue weighted by molar-refractivity contribution is 0.0701. The van der Waals surface area contributed by atoms with Crippen LogP contribution in [-0.2, 0) is 9.84 Å². The Hall–Kier alpha value is -2.48. The molecule has 0 bridgehead atoms. The summed E-state index contributed by atoms with van der Waals surface area (Å²) in [4.78, 5) is 14.3. The van der Waals surface area contributed by atoms with Crippen LogP contribution in [0.4, 0.5) is 11.5 Å². The molecule has 8 heteroatoms. The SMILES string of the molecule is CCN(C(=O)c1ccc(Nc2ccc(C)c(C)c2)nn1)C1CCS(=O)(=O)C1. The third-order valence-electron chi connectivity index (χ3n) is 4.91. The van der Waals surface area contributed by atoms with Crippen LogP contribution in [0.15, 0.2) is 30.3 Å². The second kappa shape index (κ2) is 7.64. The lowest BCUT2D eigenvalue weighted by atomic mass is 10.1. The summed E-state index contributed by atoms with van der Waals surface area (Å²) in [7, 11) is -3.05. The summed E-state index contributed by atoms with van der Waals surface area (Å²) in [6.07, 6.45) is 0.474. The van der Waals surface area contributed by atoms with Crippen LogP contribution in [0.2, 0.25) is 0 Å². The van der Waals surface area contributed by atoms with E-state index in [0.717, 1.165) is 5.69 Å². The number of benzene rings is 1. The number of carbonyl (C=O) groups is 1. The number of rotatable bonds is 5.